The van der Waals surface area contributed by atoms with Crippen molar-refractivity contribution in [2.75, 3.05) is 12.4 Å². The van der Waals surface area contributed by atoms with Gasteiger partial charge < -0.3 is 10.3 Å². The Labute approximate surface area is 103 Å². The van der Waals surface area contributed by atoms with Crippen molar-refractivity contribution in [2.45, 2.75) is 0 Å². The molecule has 0 spiro atoms. The van der Waals surface area contributed by atoms with Crippen LogP contribution in [0.5, 0.6) is 0 Å². The maximum absolute atomic E-state index is 4.37. The molecule has 3 rings (SSSR count). The number of hydrogen-bond donors (Lipinski definition) is 2. The standard InChI is InChI=1S/C11H11N7/c1-12-10-15-9(8-4-2-5-13-8)16-11(17-10)18-7-3-6-14-18/h2-7,13H,1H3,(H,12,15,16,17). The summed E-state index contributed by atoms with van der Waals surface area (Å²) in [7, 11) is 1.76. The second kappa shape index (κ2) is 4.28. The lowest BCUT2D eigenvalue weighted by Gasteiger charge is -2.05. The van der Waals surface area contributed by atoms with E-state index >= 15 is 0 Å². The van der Waals surface area contributed by atoms with Gasteiger partial charge in [0.05, 0.1) is 5.69 Å². The fourth-order valence-electron chi connectivity index (χ4n) is 1.56. The number of aromatic amines is 1. The van der Waals surface area contributed by atoms with Crippen LogP contribution in [0.15, 0.2) is 36.8 Å². The van der Waals surface area contributed by atoms with Gasteiger partial charge in [-0.25, -0.2) is 4.68 Å². The molecule has 0 atom stereocenters. The molecule has 0 aliphatic carbocycles. The first-order valence-corrected chi connectivity index (χ1v) is 5.44. The van der Waals surface area contributed by atoms with E-state index in [2.05, 4.69) is 30.4 Å². The lowest BCUT2D eigenvalue weighted by Crippen LogP contribution is -2.08. The quantitative estimate of drug-likeness (QED) is 0.717. The van der Waals surface area contributed by atoms with Crippen molar-refractivity contribution in [3.8, 4) is 17.5 Å². The van der Waals surface area contributed by atoms with Gasteiger partial charge in [0.15, 0.2) is 5.82 Å². The van der Waals surface area contributed by atoms with Crippen molar-refractivity contribution in [1.29, 1.82) is 0 Å². The minimum Gasteiger partial charge on any atom is -0.359 e. The summed E-state index contributed by atoms with van der Waals surface area (Å²) in [6, 6.07) is 5.62. The van der Waals surface area contributed by atoms with Crippen LogP contribution in [0.1, 0.15) is 0 Å². The zero-order valence-corrected chi connectivity index (χ0v) is 9.70. The Morgan fingerprint density at radius 3 is 2.83 bits per heavy atom. The van der Waals surface area contributed by atoms with Gasteiger partial charge in [0.1, 0.15) is 0 Å². The van der Waals surface area contributed by atoms with Crippen LogP contribution >= 0.6 is 0 Å². The van der Waals surface area contributed by atoms with Crippen LogP contribution in [0.2, 0.25) is 0 Å². The Morgan fingerprint density at radius 2 is 2.17 bits per heavy atom. The molecule has 3 aromatic rings. The van der Waals surface area contributed by atoms with E-state index in [-0.39, 0.29) is 0 Å². The highest BCUT2D eigenvalue weighted by atomic mass is 15.4. The predicted molar refractivity (Wildman–Crippen MR) is 66.3 cm³/mol. The number of H-pyrrole nitrogens is 1. The number of hydrogen-bond acceptors (Lipinski definition) is 5. The van der Waals surface area contributed by atoms with Crippen LogP contribution < -0.4 is 5.32 Å². The van der Waals surface area contributed by atoms with E-state index < -0.39 is 0 Å². The normalized spacial score (nSPS) is 10.5. The highest BCUT2D eigenvalue weighted by Gasteiger charge is 2.09. The SMILES string of the molecule is CNc1nc(-c2ccc[nH]2)nc(-n2cccn2)n1. The first-order valence-electron chi connectivity index (χ1n) is 5.44. The molecule has 0 saturated heterocycles. The molecule has 0 fully saturated rings. The molecule has 0 unspecified atom stereocenters. The Bertz CT molecular complexity index is 575. The summed E-state index contributed by atoms with van der Waals surface area (Å²) >= 11 is 0. The molecule has 0 aromatic carbocycles. The van der Waals surface area contributed by atoms with Gasteiger partial charge in [-0.15, -0.1) is 0 Å². The van der Waals surface area contributed by atoms with E-state index in [1.165, 1.54) is 0 Å². The fourth-order valence-corrected chi connectivity index (χ4v) is 1.56. The van der Waals surface area contributed by atoms with E-state index in [9.17, 15) is 0 Å². The van der Waals surface area contributed by atoms with Crippen molar-refractivity contribution >= 4 is 5.95 Å². The van der Waals surface area contributed by atoms with Crippen LogP contribution in [0.4, 0.5) is 5.95 Å². The van der Waals surface area contributed by atoms with Crippen LogP contribution in [0.3, 0.4) is 0 Å². The minimum atomic E-state index is 0.476. The second-order valence-electron chi connectivity index (χ2n) is 3.57. The molecular formula is C11H11N7. The average Bonchev–Trinajstić information content (AvgIpc) is 3.10. The third-order valence-electron chi connectivity index (χ3n) is 2.40. The highest BCUT2D eigenvalue weighted by molar-refractivity contribution is 5.51. The first kappa shape index (κ1) is 10.5. The summed E-state index contributed by atoms with van der Waals surface area (Å²) in [4.78, 5) is 16.0. The Morgan fingerprint density at radius 1 is 1.22 bits per heavy atom. The molecular weight excluding hydrogens is 230 g/mol. The van der Waals surface area contributed by atoms with E-state index in [1.807, 2.05) is 24.4 Å². The predicted octanol–water partition coefficient (Wildman–Crippen LogP) is 1.09. The molecule has 3 heterocycles. The monoisotopic (exact) mass is 241 g/mol. The molecule has 0 aliphatic rings. The molecule has 3 aromatic heterocycles. The maximum atomic E-state index is 4.37. The molecule has 0 amide bonds. The summed E-state index contributed by atoms with van der Waals surface area (Å²) < 4.78 is 1.59. The summed E-state index contributed by atoms with van der Waals surface area (Å²) in [5, 5.41) is 7.02. The van der Waals surface area contributed by atoms with Crippen LogP contribution in [-0.2, 0) is 0 Å². The van der Waals surface area contributed by atoms with Crippen molar-refractivity contribution in [3.63, 3.8) is 0 Å². The number of anilines is 1. The summed E-state index contributed by atoms with van der Waals surface area (Å²) in [6.07, 6.45) is 5.29. The van der Waals surface area contributed by atoms with Gasteiger partial charge in [-0.3, -0.25) is 0 Å². The largest absolute Gasteiger partial charge is 0.359 e. The number of rotatable bonds is 3. The number of aromatic nitrogens is 6. The first-order chi connectivity index (χ1) is 8.86. The zero-order chi connectivity index (χ0) is 12.4. The van der Waals surface area contributed by atoms with E-state index in [4.69, 9.17) is 0 Å². The minimum absolute atomic E-state index is 0.476. The van der Waals surface area contributed by atoms with Crippen LogP contribution in [0, 0.1) is 0 Å². The van der Waals surface area contributed by atoms with Crippen LogP contribution in [-0.4, -0.2) is 36.8 Å². The van der Waals surface area contributed by atoms with Gasteiger partial charge in [0.25, 0.3) is 5.95 Å². The molecule has 0 saturated carbocycles. The smallest absolute Gasteiger partial charge is 0.255 e. The Kier molecular flexibility index (Phi) is 2.49. The highest BCUT2D eigenvalue weighted by Crippen LogP contribution is 2.14. The molecule has 2 N–H and O–H groups in total. The van der Waals surface area contributed by atoms with Crippen molar-refractivity contribution < 1.29 is 0 Å². The van der Waals surface area contributed by atoms with Crippen molar-refractivity contribution in [1.82, 2.24) is 29.7 Å². The molecule has 7 nitrogen and oxygen atoms in total. The van der Waals surface area contributed by atoms with Crippen molar-refractivity contribution in [2.24, 2.45) is 0 Å². The summed E-state index contributed by atoms with van der Waals surface area (Å²) in [5.74, 6) is 1.55. The van der Waals surface area contributed by atoms with Gasteiger partial charge in [0, 0.05) is 25.6 Å². The number of nitrogens with one attached hydrogen (secondary N) is 2. The van der Waals surface area contributed by atoms with Gasteiger partial charge in [0.2, 0.25) is 5.95 Å². The van der Waals surface area contributed by atoms with Gasteiger partial charge >= 0.3 is 0 Å². The Balaban J connectivity index is 2.13. The third kappa shape index (κ3) is 1.81. The second-order valence-corrected chi connectivity index (χ2v) is 3.57. The van der Waals surface area contributed by atoms with E-state index in [0.717, 1.165) is 5.69 Å². The summed E-state index contributed by atoms with van der Waals surface area (Å²) in [6.45, 7) is 0. The lowest BCUT2D eigenvalue weighted by molar-refractivity contribution is 0.799. The van der Waals surface area contributed by atoms with Gasteiger partial charge in [-0.1, -0.05) is 0 Å². The molecule has 0 bridgehead atoms. The molecule has 0 aliphatic heterocycles. The number of nitrogens with zero attached hydrogens (tertiary/aromatic N) is 5. The van der Waals surface area contributed by atoms with Gasteiger partial charge in [-0.2, -0.15) is 20.1 Å². The molecule has 7 heteroatoms. The fraction of sp³-hybridized carbons (Fsp3) is 0.0909. The Hall–Kier alpha value is -2.70. The summed E-state index contributed by atoms with van der Waals surface area (Å²) in [5.41, 5.74) is 0.835. The average molecular weight is 241 g/mol. The van der Waals surface area contributed by atoms with Crippen LogP contribution in [0.25, 0.3) is 17.5 Å². The van der Waals surface area contributed by atoms with Gasteiger partial charge in [-0.05, 0) is 18.2 Å². The molecule has 18 heavy (non-hydrogen) atoms. The van der Waals surface area contributed by atoms with E-state index in [1.54, 1.807) is 24.1 Å². The lowest BCUT2D eigenvalue weighted by atomic mass is 10.4. The molecule has 0 radical (unpaired) electrons. The third-order valence-corrected chi connectivity index (χ3v) is 2.40. The van der Waals surface area contributed by atoms with E-state index in [0.29, 0.717) is 17.7 Å². The maximum Gasteiger partial charge on any atom is 0.255 e. The zero-order valence-electron chi connectivity index (χ0n) is 9.70. The molecule has 90 valence electrons. The van der Waals surface area contributed by atoms with Crippen molar-refractivity contribution in [3.05, 3.63) is 36.8 Å². The topological polar surface area (TPSA) is 84.3 Å².